The number of nitrogens with one attached hydrogen (secondary N) is 2. The van der Waals surface area contributed by atoms with E-state index in [9.17, 15) is 9.59 Å². The van der Waals surface area contributed by atoms with Gasteiger partial charge in [-0.2, -0.15) is 0 Å². The van der Waals surface area contributed by atoms with Gasteiger partial charge in [0.25, 0.3) is 5.91 Å². The Morgan fingerprint density at radius 2 is 1.86 bits per heavy atom. The van der Waals surface area contributed by atoms with E-state index in [1.807, 2.05) is 32.0 Å². The van der Waals surface area contributed by atoms with Crippen LogP contribution in [0.15, 0.2) is 42.5 Å². The van der Waals surface area contributed by atoms with Gasteiger partial charge in [-0.15, -0.1) is 0 Å². The van der Waals surface area contributed by atoms with Crippen LogP contribution in [-0.2, 0) is 11.3 Å². The van der Waals surface area contributed by atoms with Gasteiger partial charge < -0.3 is 24.8 Å². The first kappa shape index (κ1) is 19.5. The second kappa shape index (κ2) is 8.65. The molecular formula is C21H24N2O5. The Bertz CT molecular complexity index is 866. The van der Waals surface area contributed by atoms with E-state index >= 15 is 0 Å². The number of carbonyl (C=O) groups excluding carboxylic acids is 2. The molecule has 0 radical (unpaired) electrons. The Hall–Kier alpha value is -3.22. The average Bonchev–Trinajstić information content (AvgIpc) is 3.17. The number of hydrogen-bond acceptors (Lipinski definition) is 5. The summed E-state index contributed by atoms with van der Waals surface area (Å²) in [7, 11) is 1.50. The van der Waals surface area contributed by atoms with Crippen LogP contribution in [0, 0.1) is 5.92 Å². The van der Waals surface area contributed by atoms with Crippen molar-refractivity contribution < 1.29 is 23.8 Å². The lowest BCUT2D eigenvalue weighted by molar-refractivity contribution is -0.124. The van der Waals surface area contributed by atoms with Crippen LogP contribution in [0.4, 0.5) is 0 Å². The van der Waals surface area contributed by atoms with E-state index in [4.69, 9.17) is 14.2 Å². The van der Waals surface area contributed by atoms with Crippen LogP contribution in [0.2, 0.25) is 0 Å². The fraction of sp³-hybridized carbons (Fsp3) is 0.333. The molecule has 3 rings (SSSR count). The van der Waals surface area contributed by atoms with Gasteiger partial charge in [-0.1, -0.05) is 32.0 Å². The van der Waals surface area contributed by atoms with E-state index in [0.717, 1.165) is 5.56 Å². The molecule has 2 amide bonds. The van der Waals surface area contributed by atoms with Crippen LogP contribution in [-0.4, -0.2) is 31.8 Å². The molecule has 0 saturated carbocycles. The largest absolute Gasteiger partial charge is 0.496 e. The van der Waals surface area contributed by atoms with Gasteiger partial charge in [0.1, 0.15) is 11.8 Å². The zero-order chi connectivity index (χ0) is 20.1. The lowest BCUT2D eigenvalue weighted by Crippen LogP contribution is -2.49. The summed E-state index contributed by atoms with van der Waals surface area (Å²) < 4.78 is 15.9. The number of ether oxygens (including phenoxy) is 3. The second-order valence-corrected chi connectivity index (χ2v) is 6.80. The van der Waals surface area contributed by atoms with Gasteiger partial charge in [0, 0.05) is 6.54 Å². The van der Waals surface area contributed by atoms with Crippen LogP contribution >= 0.6 is 0 Å². The van der Waals surface area contributed by atoms with Crippen molar-refractivity contribution in [2.75, 3.05) is 13.9 Å². The molecule has 1 atom stereocenters. The SMILES string of the molecule is COc1ccccc1C(=O)N[C@@H](C(=O)NCc1ccc2c(c1)OCO2)C(C)C. The standard InChI is InChI=1S/C21H24N2O5/c1-13(2)19(23-20(24)15-6-4-5-7-16(15)26-3)21(25)22-11-14-8-9-17-18(10-14)28-12-27-17/h4-10,13,19H,11-12H2,1-3H3,(H,22,25)(H,23,24)/t19-/m1/s1. The zero-order valence-electron chi connectivity index (χ0n) is 16.2. The Morgan fingerprint density at radius 1 is 1.11 bits per heavy atom. The minimum absolute atomic E-state index is 0.0876. The number of para-hydroxylation sites is 1. The molecular weight excluding hydrogens is 360 g/mol. The minimum atomic E-state index is -0.675. The summed E-state index contributed by atoms with van der Waals surface area (Å²) in [5.74, 6) is 1.12. The molecule has 0 fully saturated rings. The first-order valence-corrected chi connectivity index (χ1v) is 9.09. The van der Waals surface area contributed by atoms with E-state index in [1.165, 1.54) is 7.11 Å². The maximum Gasteiger partial charge on any atom is 0.255 e. The highest BCUT2D eigenvalue weighted by atomic mass is 16.7. The molecule has 1 heterocycles. The van der Waals surface area contributed by atoms with Crippen molar-refractivity contribution in [3.63, 3.8) is 0 Å². The topological polar surface area (TPSA) is 85.9 Å². The van der Waals surface area contributed by atoms with E-state index in [2.05, 4.69) is 10.6 Å². The smallest absolute Gasteiger partial charge is 0.255 e. The first-order valence-electron chi connectivity index (χ1n) is 9.09. The monoisotopic (exact) mass is 384 g/mol. The number of amides is 2. The Morgan fingerprint density at radius 3 is 2.61 bits per heavy atom. The average molecular weight is 384 g/mol. The van der Waals surface area contributed by atoms with Gasteiger partial charge in [-0.3, -0.25) is 9.59 Å². The third-order valence-corrected chi connectivity index (χ3v) is 4.49. The maximum absolute atomic E-state index is 12.7. The van der Waals surface area contributed by atoms with Gasteiger partial charge in [0.2, 0.25) is 12.7 Å². The minimum Gasteiger partial charge on any atom is -0.496 e. The predicted octanol–water partition coefficient (Wildman–Crippen LogP) is 2.49. The fourth-order valence-electron chi connectivity index (χ4n) is 2.94. The zero-order valence-corrected chi connectivity index (χ0v) is 16.2. The third kappa shape index (κ3) is 4.36. The van der Waals surface area contributed by atoms with Gasteiger partial charge in [-0.05, 0) is 35.7 Å². The van der Waals surface area contributed by atoms with E-state index < -0.39 is 6.04 Å². The summed E-state index contributed by atoms with van der Waals surface area (Å²) in [6, 6.07) is 11.7. The third-order valence-electron chi connectivity index (χ3n) is 4.49. The molecule has 7 heteroatoms. The molecule has 0 unspecified atom stereocenters. The van der Waals surface area contributed by atoms with Gasteiger partial charge >= 0.3 is 0 Å². The molecule has 2 aromatic carbocycles. The number of hydrogen-bond donors (Lipinski definition) is 2. The highest BCUT2D eigenvalue weighted by Gasteiger charge is 2.25. The summed E-state index contributed by atoms with van der Waals surface area (Å²) in [4.78, 5) is 25.3. The lowest BCUT2D eigenvalue weighted by atomic mass is 10.0. The van der Waals surface area contributed by atoms with Crippen molar-refractivity contribution in [2.24, 2.45) is 5.92 Å². The molecule has 0 aliphatic carbocycles. The molecule has 0 spiro atoms. The molecule has 0 saturated heterocycles. The summed E-state index contributed by atoms with van der Waals surface area (Å²) in [6.07, 6.45) is 0. The molecule has 0 bridgehead atoms. The van der Waals surface area contributed by atoms with Gasteiger partial charge in [-0.25, -0.2) is 0 Å². The molecule has 2 aromatic rings. The van der Waals surface area contributed by atoms with Crippen LogP contribution in [0.5, 0.6) is 17.2 Å². The van der Waals surface area contributed by atoms with Gasteiger partial charge in [0.15, 0.2) is 11.5 Å². The van der Waals surface area contributed by atoms with Crippen LogP contribution < -0.4 is 24.8 Å². The molecule has 2 N–H and O–H groups in total. The normalized spacial score (nSPS) is 13.1. The van der Waals surface area contributed by atoms with Crippen molar-refractivity contribution >= 4 is 11.8 Å². The summed E-state index contributed by atoms with van der Waals surface area (Å²) >= 11 is 0. The second-order valence-electron chi connectivity index (χ2n) is 6.80. The number of fused-ring (bicyclic) bond motifs is 1. The first-order chi connectivity index (χ1) is 13.5. The van der Waals surface area contributed by atoms with Crippen LogP contribution in [0.25, 0.3) is 0 Å². The van der Waals surface area contributed by atoms with Gasteiger partial charge in [0.05, 0.1) is 12.7 Å². The van der Waals surface area contributed by atoms with E-state index in [0.29, 0.717) is 29.4 Å². The number of rotatable bonds is 7. The molecule has 148 valence electrons. The maximum atomic E-state index is 12.7. The van der Waals surface area contributed by atoms with Crippen molar-refractivity contribution in [3.8, 4) is 17.2 Å². The van der Waals surface area contributed by atoms with E-state index in [-0.39, 0.29) is 24.5 Å². The lowest BCUT2D eigenvalue weighted by Gasteiger charge is -2.22. The Kier molecular flexibility index (Phi) is 6.03. The molecule has 0 aromatic heterocycles. The summed E-state index contributed by atoms with van der Waals surface area (Å²) in [5, 5.41) is 5.69. The van der Waals surface area contributed by atoms with Crippen LogP contribution in [0.3, 0.4) is 0 Å². The highest BCUT2D eigenvalue weighted by molar-refractivity contribution is 5.99. The van der Waals surface area contributed by atoms with Crippen molar-refractivity contribution in [2.45, 2.75) is 26.4 Å². The number of benzene rings is 2. The fourth-order valence-corrected chi connectivity index (χ4v) is 2.94. The summed E-state index contributed by atoms with van der Waals surface area (Å²) in [6.45, 7) is 4.29. The Balaban J connectivity index is 1.64. The molecule has 7 nitrogen and oxygen atoms in total. The van der Waals surface area contributed by atoms with Crippen molar-refractivity contribution in [1.29, 1.82) is 0 Å². The van der Waals surface area contributed by atoms with Crippen molar-refractivity contribution in [3.05, 3.63) is 53.6 Å². The number of carbonyl (C=O) groups is 2. The van der Waals surface area contributed by atoms with Crippen LogP contribution in [0.1, 0.15) is 29.8 Å². The quantitative estimate of drug-likeness (QED) is 0.766. The number of methoxy groups -OCH3 is 1. The predicted molar refractivity (Wildman–Crippen MR) is 103 cm³/mol. The summed E-state index contributed by atoms with van der Waals surface area (Å²) in [5.41, 5.74) is 1.27. The Labute approximate surface area is 164 Å². The molecule has 28 heavy (non-hydrogen) atoms. The molecule has 1 aliphatic rings. The molecule has 1 aliphatic heterocycles. The highest BCUT2D eigenvalue weighted by Crippen LogP contribution is 2.32. The van der Waals surface area contributed by atoms with E-state index in [1.54, 1.807) is 24.3 Å². The van der Waals surface area contributed by atoms with Crippen molar-refractivity contribution in [1.82, 2.24) is 10.6 Å².